The molecule has 0 saturated carbocycles. The largest absolute Gasteiger partial charge is 0.491 e. The molecular weight excluding hydrogens is 437 g/mol. The number of imide groups is 1. The van der Waals surface area contributed by atoms with Gasteiger partial charge in [-0.25, -0.2) is 22.5 Å². The number of amides is 3. The summed E-state index contributed by atoms with van der Waals surface area (Å²) in [5, 5.41) is 0. The van der Waals surface area contributed by atoms with Gasteiger partial charge in [0, 0.05) is 19.1 Å². The van der Waals surface area contributed by atoms with Crippen LogP contribution in [0, 0.1) is 5.82 Å². The summed E-state index contributed by atoms with van der Waals surface area (Å²) in [5.41, 5.74) is 0.516. The van der Waals surface area contributed by atoms with Crippen LogP contribution in [0.5, 0.6) is 5.75 Å². The summed E-state index contributed by atoms with van der Waals surface area (Å²) in [6, 6.07) is 11.7. The average molecular weight is 462 g/mol. The van der Waals surface area contributed by atoms with Gasteiger partial charge in [0.2, 0.25) is 10.0 Å². The Kier molecular flexibility index (Phi) is 6.16. The lowest BCUT2D eigenvalue weighted by Crippen LogP contribution is -2.48. The first kappa shape index (κ1) is 22.2. The summed E-state index contributed by atoms with van der Waals surface area (Å²) in [7, 11) is -3.88. The molecule has 10 heteroatoms. The molecule has 0 aliphatic carbocycles. The number of para-hydroxylation sites is 1. The normalized spacial score (nSPS) is 18.4. The number of halogens is 1. The van der Waals surface area contributed by atoms with Crippen molar-refractivity contribution in [2.24, 2.45) is 0 Å². The molecule has 4 rings (SSSR count). The molecule has 0 aromatic heterocycles. The number of rotatable bonds is 6. The van der Waals surface area contributed by atoms with E-state index in [-0.39, 0.29) is 48.8 Å². The van der Waals surface area contributed by atoms with Crippen LogP contribution < -0.4 is 9.64 Å². The Morgan fingerprint density at radius 1 is 1.06 bits per heavy atom. The van der Waals surface area contributed by atoms with E-state index in [0.29, 0.717) is 18.5 Å². The van der Waals surface area contributed by atoms with Crippen molar-refractivity contribution in [1.82, 2.24) is 9.21 Å². The van der Waals surface area contributed by atoms with Gasteiger partial charge in [0.15, 0.2) is 11.6 Å². The van der Waals surface area contributed by atoms with E-state index in [1.807, 2.05) is 0 Å². The molecular formula is C22H24FN3O5S. The molecule has 2 aliphatic rings. The first-order chi connectivity index (χ1) is 15.3. The molecule has 0 N–H and O–H groups in total. The summed E-state index contributed by atoms with van der Waals surface area (Å²) in [6.07, 6.45) is 0.779. The number of hydrogen-bond donors (Lipinski definition) is 0. The molecule has 2 aliphatic heterocycles. The highest BCUT2D eigenvalue weighted by Gasteiger charge is 2.42. The predicted molar refractivity (Wildman–Crippen MR) is 115 cm³/mol. The molecule has 0 atom stereocenters. The third-order valence-corrected chi connectivity index (χ3v) is 7.61. The van der Waals surface area contributed by atoms with Gasteiger partial charge in [-0.05, 0) is 50.1 Å². The van der Waals surface area contributed by atoms with E-state index in [1.54, 1.807) is 37.3 Å². The molecule has 2 aromatic rings. The fourth-order valence-corrected chi connectivity index (χ4v) is 5.58. The van der Waals surface area contributed by atoms with Crippen molar-refractivity contribution in [3.63, 3.8) is 0 Å². The number of ether oxygens (including phenoxy) is 1. The smallest absolute Gasteiger partial charge is 0.332 e. The fraction of sp³-hybridized carbons (Fsp3) is 0.364. The molecule has 2 fully saturated rings. The molecule has 0 bridgehead atoms. The van der Waals surface area contributed by atoms with Crippen LogP contribution in [0.1, 0.15) is 19.8 Å². The number of piperidine rings is 1. The van der Waals surface area contributed by atoms with Gasteiger partial charge in [-0.15, -0.1) is 0 Å². The number of anilines is 1. The molecule has 32 heavy (non-hydrogen) atoms. The monoisotopic (exact) mass is 461 g/mol. The second-order valence-corrected chi connectivity index (χ2v) is 9.57. The van der Waals surface area contributed by atoms with Crippen LogP contribution in [0.3, 0.4) is 0 Å². The summed E-state index contributed by atoms with van der Waals surface area (Å²) in [5.74, 6) is -1.03. The van der Waals surface area contributed by atoms with Crippen LogP contribution in [-0.2, 0) is 14.8 Å². The fourth-order valence-electron chi connectivity index (χ4n) is 4.09. The molecule has 2 heterocycles. The Hall–Kier alpha value is -2.98. The maximum atomic E-state index is 14.2. The highest BCUT2D eigenvalue weighted by molar-refractivity contribution is 7.89. The van der Waals surface area contributed by atoms with Crippen LogP contribution in [0.25, 0.3) is 0 Å². The van der Waals surface area contributed by atoms with E-state index in [4.69, 9.17) is 4.74 Å². The average Bonchev–Trinajstić information content (AvgIpc) is 3.09. The van der Waals surface area contributed by atoms with Crippen LogP contribution in [0.4, 0.5) is 14.9 Å². The van der Waals surface area contributed by atoms with Crippen molar-refractivity contribution in [3.05, 3.63) is 54.3 Å². The zero-order valence-electron chi connectivity index (χ0n) is 17.6. The van der Waals surface area contributed by atoms with E-state index in [0.717, 1.165) is 11.0 Å². The first-order valence-electron chi connectivity index (χ1n) is 10.4. The van der Waals surface area contributed by atoms with Gasteiger partial charge in [0.05, 0.1) is 17.2 Å². The van der Waals surface area contributed by atoms with E-state index in [9.17, 15) is 22.4 Å². The predicted octanol–water partition coefficient (Wildman–Crippen LogP) is 2.85. The summed E-state index contributed by atoms with van der Waals surface area (Å²) < 4.78 is 46.5. The third-order valence-electron chi connectivity index (χ3n) is 5.71. The quantitative estimate of drug-likeness (QED) is 0.618. The summed E-state index contributed by atoms with van der Waals surface area (Å²) in [6.45, 7) is 2.30. The topological polar surface area (TPSA) is 87.2 Å². The van der Waals surface area contributed by atoms with Crippen molar-refractivity contribution in [3.8, 4) is 5.75 Å². The number of hydrogen-bond acceptors (Lipinski definition) is 5. The van der Waals surface area contributed by atoms with E-state index in [2.05, 4.69) is 0 Å². The second kappa shape index (κ2) is 8.87. The zero-order chi connectivity index (χ0) is 22.9. The minimum absolute atomic E-state index is 0.00495. The van der Waals surface area contributed by atoms with Gasteiger partial charge in [0.25, 0.3) is 5.91 Å². The Labute approximate surface area is 186 Å². The Balaban J connectivity index is 1.43. The lowest BCUT2D eigenvalue weighted by atomic mass is 10.1. The number of benzene rings is 2. The SMILES string of the molecule is CCOc1ccc(S(=O)(=O)N2CCC(N3CC(=O)N(c4ccccc4)C3=O)CC2)cc1F. The molecule has 2 aromatic carbocycles. The molecule has 0 unspecified atom stereocenters. The number of nitrogens with zero attached hydrogens (tertiary/aromatic N) is 3. The van der Waals surface area contributed by atoms with E-state index in [1.165, 1.54) is 21.3 Å². The molecule has 2 saturated heterocycles. The van der Waals surface area contributed by atoms with Crippen molar-refractivity contribution in [2.75, 3.05) is 31.1 Å². The lowest BCUT2D eigenvalue weighted by molar-refractivity contribution is -0.116. The third kappa shape index (κ3) is 4.07. The Morgan fingerprint density at radius 2 is 1.75 bits per heavy atom. The number of urea groups is 1. The van der Waals surface area contributed by atoms with Gasteiger partial charge in [0.1, 0.15) is 6.54 Å². The first-order valence-corrected chi connectivity index (χ1v) is 11.9. The maximum Gasteiger partial charge on any atom is 0.332 e. The lowest BCUT2D eigenvalue weighted by Gasteiger charge is -2.35. The van der Waals surface area contributed by atoms with Gasteiger partial charge in [-0.2, -0.15) is 4.31 Å². The Morgan fingerprint density at radius 3 is 2.38 bits per heavy atom. The molecule has 8 nitrogen and oxygen atoms in total. The highest BCUT2D eigenvalue weighted by atomic mass is 32.2. The zero-order valence-corrected chi connectivity index (χ0v) is 18.4. The van der Waals surface area contributed by atoms with Gasteiger partial charge in [-0.3, -0.25) is 4.79 Å². The van der Waals surface area contributed by atoms with Crippen molar-refractivity contribution in [1.29, 1.82) is 0 Å². The molecule has 3 amide bonds. The van der Waals surface area contributed by atoms with Crippen LogP contribution in [-0.4, -0.2) is 61.8 Å². The van der Waals surface area contributed by atoms with Crippen LogP contribution >= 0.6 is 0 Å². The Bertz CT molecular complexity index is 1120. The molecule has 170 valence electrons. The van der Waals surface area contributed by atoms with Crippen LogP contribution in [0.2, 0.25) is 0 Å². The van der Waals surface area contributed by atoms with Gasteiger partial charge >= 0.3 is 6.03 Å². The molecule has 0 radical (unpaired) electrons. The number of carbonyl (C=O) groups excluding carboxylic acids is 2. The van der Waals surface area contributed by atoms with E-state index >= 15 is 0 Å². The van der Waals surface area contributed by atoms with E-state index < -0.39 is 21.9 Å². The van der Waals surface area contributed by atoms with Gasteiger partial charge < -0.3 is 9.64 Å². The highest BCUT2D eigenvalue weighted by Crippen LogP contribution is 2.29. The van der Waals surface area contributed by atoms with Crippen molar-refractivity contribution in [2.45, 2.75) is 30.7 Å². The maximum absolute atomic E-state index is 14.2. The van der Waals surface area contributed by atoms with Crippen molar-refractivity contribution < 1.29 is 27.1 Å². The minimum Gasteiger partial charge on any atom is -0.491 e. The molecule has 0 spiro atoms. The standard InChI is InChI=1S/C22H24FN3O5S/c1-2-31-20-9-8-18(14-19(20)23)32(29,30)24-12-10-16(11-13-24)25-15-21(27)26(22(25)28)17-6-4-3-5-7-17/h3-9,14,16H,2,10-13,15H2,1H3. The number of carbonyl (C=O) groups is 2. The van der Waals surface area contributed by atoms with Gasteiger partial charge in [-0.1, -0.05) is 18.2 Å². The summed E-state index contributed by atoms with van der Waals surface area (Å²) >= 11 is 0. The summed E-state index contributed by atoms with van der Waals surface area (Å²) in [4.78, 5) is 27.9. The minimum atomic E-state index is -3.88. The van der Waals surface area contributed by atoms with Crippen LogP contribution in [0.15, 0.2) is 53.4 Å². The van der Waals surface area contributed by atoms with Crippen molar-refractivity contribution >= 4 is 27.6 Å². The number of sulfonamides is 1. The second-order valence-electron chi connectivity index (χ2n) is 7.64.